The topological polar surface area (TPSA) is 68.7 Å². The summed E-state index contributed by atoms with van der Waals surface area (Å²) in [6.45, 7) is 1.63. The van der Waals surface area contributed by atoms with Crippen molar-refractivity contribution in [3.63, 3.8) is 0 Å². The Balaban J connectivity index is 2.06. The third-order valence-electron chi connectivity index (χ3n) is 3.09. The molecule has 1 heterocycles. The van der Waals surface area contributed by atoms with Crippen LogP contribution in [-0.4, -0.2) is 48.6 Å². The number of likely N-dealkylation sites (N-methyl/N-ethyl adjacent to an activating group) is 1. The molecule has 1 aromatic heterocycles. The van der Waals surface area contributed by atoms with Gasteiger partial charge in [-0.25, -0.2) is 4.68 Å². The zero-order valence-corrected chi connectivity index (χ0v) is 12.7. The maximum absolute atomic E-state index is 6.05. The Hall–Kier alpha value is -2.34. The van der Waals surface area contributed by atoms with Crippen molar-refractivity contribution in [3.05, 3.63) is 36.0 Å². The number of aromatic nitrogens is 2. The van der Waals surface area contributed by atoms with Crippen LogP contribution in [0.25, 0.3) is 0 Å². The second-order valence-corrected chi connectivity index (χ2v) is 4.97. The minimum atomic E-state index is 0.585. The van der Waals surface area contributed by atoms with Gasteiger partial charge in [-0.1, -0.05) is 0 Å². The maximum Gasteiger partial charge on any atom is 0.147 e. The first-order valence-corrected chi connectivity index (χ1v) is 6.74. The number of nitrogen functional groups attached to an aromatic ring is 1. The molecular weight excluding hydrogens is 266 g/mol. The van der Waals surface area contributed by atoms with Gasteiger partial charge in [0.25, 0.3) is 0 Å². The van der Waals surface area contributed by atoms with Gasteiger partial charge in [-0.3, -0.25) is 4.99 Å². The standard InChI is InChI=1S/C15H21N5O/c1-19(2)8-9-20-15(16)14(11-18-20)17-10-12-4-6-13(21-3)7-5-12/h4-7,10-11H,8-9,16H2,1-3H3. The summed E-state index contributed by atoms with van der Waals surface area (Å²) in [4.78, 5) is 6.48. The van der Waals surface area contributed by atoms with Crippen molar-refractivity contribution < 1.29 is 4.74 Å². The highest BCUT2D eigenvalue weighted by molar-refractivity contribution is 5.83. The minimum absolute atomic E-state index is 0.585. The Bertz CT molecular complexity index is 601. The van der Waals surface area contributed by atoms with E-state index >= 15 is 0 Å². The van der Waals surface area contributed by atoms with Gasteiger partial charge < -0.3 is 15.4 Å². The molecule has 0 saturated heterocycles. The summed E-state index contributed by atoms with van der Waals surface area (Å²) in [5, 5.41) is 4.26. The summed E-state index contributed by atoms with van der Waals surface area (Å²) < 4.78 is 6.88. The number of methoxy groups -OCH3 is 1. The first kappa shape index (κ1) is 15.1. The first-order valence-electron chi connectivity index (χ1n) is 6.74. The third-order valence-corrected chi connectivity index (χ3v) is 3.09. The number of nitrogens with zero attached hydrogens (tertiary/aromatic N) is 4. The minimum Gasteiger partial charge on any atom is -0.497 e. The van der Waals surface area contributed by atoms with E-state index in [0.717, 1.165) is 24.4 Å². The van der Waals surface area contributed by atoms with Crippen molar-refractivity contribution in [2.24, 2.45) is 4.99 Å². The van der Waals surface area contributed by atoms with Crippen LogP contribution < -0.4 is 10.5 Å². The predicted octanol–water partition coefficient (Wildman–Crippen LogP) is 1.79. The Morgan fingerprint density at radius 3 is 2.67 bits per heavy atom. The zero-order chi connectivity index (χ0) is 15.2. The summed E-state index contributed by atoms with van der Waals surface area (Å²) in [5.41, 5.74) is 7.71. The van der Waals surface area contributed by atoms with E-state index in [2.05, 4.69) is 15.0 Å². The third kappa shape index (κ3) is 4.06. The molecule has 2 aromatic rings. The summed E-state index contributed by atoms with van der Waals surface area (Å²) in [6.07, 6.45) is 3.45. The number of nitrogens with two attached hydrogens (primary N) is 1. The molecule has 0 radical (unpaired) electrons. The molecule has 1 aromatic carbocycles. The molecule has 21 heavy (non-hydrogen) atoms. The van der Waals surface area contributed by atoms with Crippen LogP contribution >= 0.6 is 0 Å². The van der Waals surface area contributed by atoms with Gasteiger partial charge in [0.15, 0.2) is 0 Å². The Kier molecular flexibility index (Phi) is 4.94. The molecule has 0 unspecified atom stereocenters. The van der Waals surface area contributed by atoms with E-state index in [1.165, 1.54) is 0 Å². The lowest BCUT2D eigenvalue weighted by Crippen LogP contribution is -2.19. The molecule has 112 valence electrons. The number of hydrogen-bond donors (Lipinski definition) is 1. The van der Waals surface area contributed by atoms with Crippen molar-refractivity contribution in [2.45, 2.75) is 6.54 Å². The second kappa shape index (κ2) is 6.90. The van der Waals surface area contributed by atoms with Gasteiger partial charge in [0.05, 0.1) is 19.9 Å². The highest BCUT2D eigenvalue weighted by Crippen LogP contribution is 2.21. The van der Waals surface area contributed by atoms with Gasteiger partial charge >= 0.3 is 0 Å². The molecule has 6 heteroatoms. The van der Waals surface area contributed by atoms with Crippen molar-refractivity contribution in [3.8, 4) is 5.75 Å². The highest BCUT2D eigenvalue weighted by atomic mass is 16.5. The molecule has 0 aliphatic rings. The quantitative estimate of drug-likeness (QED) is 0.822. The van der Waals surface area contributed by atoms with Crippen molar-refractivity contribution in [2.75, 3.05) is 33.5 Å². The fraction of sp³-hybridized carbons (Fsp3) is 0.333. The van der Waals surface area contributed by atoms with Crippen LogP contribution in [0, 0.1) is 0 Å². The highest BCUT2D eigenvalue weighted by Gasteiger charge is 2.05. The molecule has 0 aliphatic carbocycles. The molecule has 0 amide bonds. The SMILES string of the molecule is COc1ccc(C=Nc2cnn(CCN(C)C)c2N)cc1. The fourth-order valence-electron chi connectivity index (χ4n) is 1.79. The Morgan fingerprint density at radius 1 is 1.33 bits per heavy atom. The van der Waals surface area contributed by atoms with Crippen LogP contribution in [0.5, 0.6) is 5.75 Å². The molecule has 2 rings (SSSR count). The van der Waals surface area contributed by atoms with E-state index in [1.54, 1.807) is 24.2 Å². The lowest BCUT2D eigenvalue weighted by atomic mass is 10.2. The zero-order valence-electron chi connectivity index (χ0n) is 12.7. The molecule has 2 N–H and O–H groups in total. The van der Waals surface area contributed by atoms with Crippen molar-refractivity contribution in [1.29, 1.82) is 0 Å². The molecule has 0 aliphatic heterocycles. The van der Waals surface area contributed by atoms with Gasteiger partial charge in [0.2, 0.25) is 0 Å². The van der Waals surface area contributed by atoms with Crippen LogP contribution in [0.3, 0.4) is 0 Å². The van der Waals surface area contributed by atoms with Gasteiger partial charge in [0.1, 0.15) is 17.3 Å². The monoisotopic (exact) mass is 287 g/mol. The number of aliphatic imine (C=N–C) groups is 1. The van der Waals surface area contributed by atoms with Crippen LogP contribution in [-0.2, 0) is 6.54 Å². The first-order chi connectivity index (χ1) is 10.1. The summed E-state index contributed by atoms with van der Waals surface area (Å²) in [6, 6.07) is 7.67. The molecule has 0 saturated carbocycles. The second-order valence-electron chi connectivity index (χ2n) is 4.97. The lowest BCUT2D eigenvalue weighted by molar-refractivity contribution is 0.375. The van der Waals surface area contributed by atoms with E-state index in [4.69, 9.17) is 10.5 Å². The number of anilines is 1. The van der Waals surface area contributed by atoms with Crippen molar-refractivity contribution >= 4 is 17.7 Å². The van der Waals surface area contributed by atoms with Gasteiger partial charge in [-0.05, 0) is 43.9 Å². The number of rotatable bonds is 6. The molecule has 0 bridgehead atoms. The van der Waals surface area contributed by atoms with E-state index < -0.39 is 0 Å². The summed E-state index contributed by atoms with van der Waals surface area (Å²) >= 11 is 0. The van der Waals surface area contributed by atoms with Gasteiger partial charge in [-0.2, -0.15) is 5.10 Å². The van der Waals surface area contributed by atoms with Crippen LogP contribution in [0.1, 0.15) is 5.56 Å². The fourth-order valence-corrected chi connectivity index (χ4v) is 1.79. The Morgan fingerprint density at radius 2 is 2.05 bits per heavy atom. The predicted molar refractivity (Wildman–Crippen MR) is 85.4 cm³/mol. The van der Waals surface area contributed by atoms with Crippen LogP contribution in [0.2, 0.25) is 0 Å². The maximum atomic E-state index is 6.05. The normalized spacial score (nSPS) is 11.4. The molecule has 0 spiro atoms. The van der Waals surface area contributed by atoms with E-state index in [0.29, 0.717) is 11.5 Å². The number of hydrogen-bond acceptors (Lipinski definition) is 5. The number of ether oxygens (including phenoxy) is 1. The van der Waals surface area contributed by atoms with Crippen LogP contribution in [0.4, 0.5) is 11.5 Å². The molecule has 0 fully saturated rings. The lowest BCUT2D eigenvalue weighted by Gasteiger charge is -2.09. The largest absolute Gasteiger partial charge is 0.497 e. The molecular formula is C15H21N5O. The average Bonchev–Trinajstić information content (AvgIpc) is 2.84. The van der Waals surface area contributed by atoms with E-state index in [9.17, 15) is 0 Å². The molecule has 0 atom stereocenters. The van der Waals surface area contributed by atoms with Gasteiger partial charge in [0, 0.05) is 12.8 Å². The van der Waals surface area contributed by atoms with Crippen molar-refractivity contribution in [1.82, 2.24) is 14.7 Å². The number of benzene rings is 1. The average molecular weight is 287 g/mol. The van der Waals surface area contributed by atoms with Crippen LogP contribution in [0.15, 0.2) is 35.5 Å². The van der Waals surface area contributed by atoms with E-state index in [1.807, 2.05) is 38.4 Å². The smallest absolute Gasteiger partial charge is 0.147 e. The summed E-state index contributed by atoms with van der Waals surface area (Å²) in [7, 11) is 5.68. The summed E-state index contributed by atoms with van der Waals surface area (Å²) in [5.74, 6) is 1.41. The Labute approximate surface area is 124 Å². The molecule has 6 nitrogen and oxygen atoms in total. The van der Waals surface area contributed by atoms with Gasteiger partial charge in [-0.15, -0.1) is 0 Å². The van der Waals surface area contributed by atoms with E-state index in [-0.39, 0.29) is 0 Å².